The van der Waals surface area contributed by atoms with Crippen molar-refractivity contribution in [2.75, 3.05) is 24.3 Å². The lowest BCUT2D eigenvalue weighted by atomic mass is 10.2. The van der Waals surface area contributed by atoms with E-state index in [0.717, 1.165) is 6.42 Å². The van der Waals surface area contributed by atoms with Crippen LogP contribution >= 0.6 is 11.6 Å². The van der Waals surface area contributed by atoms with Gasteiger partial charge in [-0.1, -0.05) is 18.5 Å². The molecule has 0 bridgehead atoms. The zero-order valence-corrected chi connectivity index (χ0v) is 10.6. The molecule has 1 rings (SSSR count). The van der Waals surface area contributed by atoms with Gasteiger partial charge < -0.3 is 15.8 Å². The van der Waals surface area contributed by atoms with Crippen molar-refractivity contribution in [3.63, 3.8) is 0 Å². The van der Waals surface area contributed by atoms with Crippen LogP contribution in [0.15, 0.2) is 18.2 Å². The summed E-state index contributed by atoms with van der Waals surface area (Å²) in [6.45, 7) is 3.11. The second-order valence-electron chi connectivity index (χ2n) is 3.64. The Labute approximate surface area is 106 Å². The molecule has 1 amide bonds. The maximum atomic E-state index is 11.5. The van der Waals surface area contributed by atoms with E-state index in [-0.39, 0.29) is 5.91 Å². The van der Waals surface area contributed by atoms with Crippen molar-refractivity contribution < 1.29 is 9.53 Å². The number of amides is 1. The molecule has 3 N–H and O–H groups in total. The van der Waals surface area contributed by atoms with Gasteiger partial charge in [0, 0.05) is 11.6 Å². The fourth-order valence-electron chi connectivity index (χ4n) is 1.26. The van der Waals surface area contributed by atoms with E-state index in [2.05, 4.69) is 5.32 Å². The van der Waals surface area contributed by atoms with Crippen molar-refractivity contribution in [1.82, 2.24) is 0 Å². The molecule has 0 saturated heterocycles. The molecule has 4 nitrogen and oxygen atoms in total. The maximum absolute atomic E-state index is 11.5. The number of carbonyl (C=O) groups is 1. The number of benzene rings is 1. The smallest absolute Gasteiger partial charge is 0.226 e. The zero-order chi connectivity index (χ0) is 12.7. The first-order valence-corrected chi connectivity index (χ1v) is 5.94. The quantitative estimate of drug-likeness (QED) is 0.608. The minimum absolute atomic E-state index is 0.130. The molecule has 0 radical (unpaired) electrons. The summed E-state index contributed by atoms with van der Waals surface area (Å²) in [5.74, 6) is -0.130. The molecule has 0 aromatic heterocycles. The van der Waals surface area contributed by atoms with Crippen LogP contribution in [0.3, 0.4) is 0 Å². The first-order valence-electron chi connectivity index (χ1n) is 5.56. The molecule has 0 unspecified atom stereocenters. The predicted octanol–water partition coefficient (Wildman–Crippen LogP) is 2.68. The minimum atomic E-state index is -0.130. The topological polar surface area (TPSA) is 64.3 Å². The third-order valence-electron chi connectivity index (χ3n) is 2.11. The summed E-state index contributed by atoms with van der Waals surface area (Å²) in [6.07, 6.45) is 1.26. The van der Waals surface area contributed by atoms with Gasteiger partial charge in [0.15, 0.2) is 0 Å². The summed E-state index contributed by atoms with van der Waals surface area (Å²) in [7, 11) is 0. The molecule has 94 valence electrons. The average Bonchev–Trinajstić information content (AvgIpc) is 2.29. The summed E-state index contributed by atoms with van der Waals surface area (Å²) in [5.41, 5.74) is 6.75. The number of halogens is 1. The van der Waals surface area contributed by atoms with Crippen LogP contribution in [0.2, 0.25) is 5.02 Å². The van der Waals surface area contributed by atoms with Gasteiger partial charge >= 0.3 is 0 Å². The monoisotopic (exact) mass is 256 g/mol. The molecule has 0 heterocycles. The standard InChI is InChI=1S/C12H17ClN2O2/c1-2-6-17-7-5-12(16)15-11-8-9(13)3-4-10(11)14/h3-4,8H,2,5-7,14H2,1H3,(H,15,16). The molecule has 0 aliphatic rings. The van der Waals surface area contributed by atoms with Gasteiger partial charge in [0.25, 0.3) is 0 Å². The predicted molar refractivity (Wildman–Crippen MR) is 70.2 cm³/mol. The molecule has 17 heavy (non-hydrogen) atoms. The van der Waals surface area contributed by atoms with Gasteiger partial charge in [0.2, 0.25) is 5.91 Å². The lowest BCUT2D eigenvalue weighted by Gasteiger charge is -2.08. The number of nitrogens with one attached hydrogen (secondary N) is 1. The van der Waals surface area contributed by atoms with Crippen molar-refractivity contribution in [2.45, 2.75) is 19.8 Å². The molecule has 1 aromatic carbocycles. The van der Waals surface area contributed by atoms with Gasteiger partial charge in [-0.15, -0.1) is 0 Å². The van der Waals surface area contributed by atoms with Crippen molar-refractivity contribution in [3.05, 3.63) is 23.2 Å². The first-order chi connectivity index (χ1) is 8.13. The molecule has 0 aliphatic heterocycles. The number of carbonyl (C=O) groups excluding carboxylic acids is 1. The normalized spacial score (nSPS) is 10.2. The van der Waals surface area contributed by atoms with Crippen LogP contribution in [0.25, 0.3) is 0 Å². The van der Waals surface area contributed by atoms with Crippen LogP contribution in [-0.2, 0) is 9.53 Å². The molecule has 5 heteroatoms. The van der Waals surface area contributed by atoms with Crippen LogP contribution in [0, 0.1) is 0 Å². The second kappa shape index (κ2) is 7.14. The van der Waals surface area contributed by atoms with Crippen molar-refractivity contribution in [2.24, 2.45) is 0 Å². The Kier molecular flexibility index (Phi) is 5.80. The third kappa shape index (κ3) is 5.06. The van der Waals surface area contributed by atoms with E-state index >= 15 is 0 Å². The number of rotatable bonds is 6. The molecular formula is C12H17ClN2O2. The third-order valence-corrected chi connectivity index (χ3v) is 2.35. The van der Waals surface area contributed by atoms with Gasteiger partial charge in [-0.3, -0.25) is 4.79 Å². The van der Waals surface area contributed by atoms with E-state index in [1.165, 1.54) is 0 Å². The lowest BCUT2D eigenvalue weighted by molar-refractivity contribution is -0.117. The van der Waals surface area contributed by atoms with E-state index in [1.807, 2.05) is 6.92 Å². The van der Waals surface area contributed by atoms with Gasteiger partial charge in [0.1, 0.15) is 0 Å². The fraction of sp³-hybridized carbons (Fsp3) is 0.417. The van der Waals surface area contributed by atoms with Crippen LogP contribution in [0.1, 0.15) is 19.8 Å². The Hall–Kier alpha value is -1.26. The van der Waals surface area contributed by atoms with Crippen LogP contribution in [-0.4, -0.2) is 19.1 Å². The molecule has 0 spiro atoms. The van der Waals surface area contributed by atoms with Crippen LogP contribution < -0.4 is 11.1 Å². The number of ether oxygens (including phenoxy) is 1. The highest BCUT2D eigenvalue weighted by atomic mass is 35.5. The van der Waals surface area contributed by atoms with Crippen LogP contribution in [0.5, 0.6) is 0 Å². The molecule has 1 aromatic rings. The highest BCUT2D eigenvalue weighted by molar-refractivity contribution is 6.31. The zero-order valence-electron chi connectivity index (χ0n) is 9.83. The van der Waals surface area contributed by atoms with E-state index in [1.54, 1.807) is 18.2 Å². The highest BCUT2D eigenvalue weighted by Gasteiger charge is 2.05. The van der Waals surface area contributed by atoms with Crippen molar-refractivity contribution in [3.8, 4) is 0 Å². The van der Waals surface area contributed by atoms with E-state index in [9.17, 15) is 4.79 Å². The Morgan fingerprint density at radius 1 is 1.47 bits per heavy atom. The van der Waals surface area contributed by atoms with Gasteiger partial charge in [-0.2, -0.15) is 0 Å². The molecule has 0 fully saturated rings. The summed E-state index contributed by atoms with van der Waals surface area (Å²) in [5, 5.41) is 3.24. The SMILES string of the molecule is CCCOCCC(=O)Nc1cc(Cl)ccc1N. The molecular weight excluding hydrogens is 240 g/mol. The molecule has 0 saturated carbocycles. The lowest BCUT2D eigenvalue weighted by Crippen LogP contribution is -2.15. The summed E-state index contributed by atoms with van der Waals surface area (Å²) in [6, 6.07) is 4.96. The Morgan fingerprint density at radius 3 is 2.94 bits per heavy atom. The second-order valence-corrected chi connectivity index (χ2v) is 4.08. The largest absolute Gasteiger partial charge is 0.397 e. The van der Waals surface area contributed by atoms with Crippen molar-refractivity contribution in [1.29, 1.82) is 0 Å². The number of nitrogens with two attached hydrogens (primary N) is 1. The Bertz CT molecular complexity index is 383. The number of anilines is 2. The van der Waals surface area contributed by atoms with Gasteiger partial charge in [-0.05, 0) is 24.6 Å². The van der Waals surface area contributed by atoms with E-state index in [0.29, 0.717) is 36.0 Å². The number of hydrogen-bond donors (Lipinski definition) is 2. The summed E-state index contributed by atoms with van der Waals surface area (Å²) < 4.78 is 5.23. The molecule has 0 aliphatic carbocycles. The summed E-state index contributed by atoms with van der Waals surface area (Å²) >= 11 is 5.81. The summed E-state index contributed by atoms with van der Waals surface area (Å²) in [4.78, 5) is 11.5. The highest BCUT2D eigenvalue weighted by Crippen LogP contribution is 2.22. The average molecular weight is 257 g/mol. The van der Waals surface area contributed by atoms with Crippen LogP contribution in [0.4, 0.5) is 11.4 Å². The Balaban J connectivity index is 2.42. The van der Waals surface area contributed by atoms with E-state index < -0.39 is 0 Å². The maximum Gasteiger partial charge on any atom is 0.226 e. The van der Waals surface area contributed by atoms with Crippen molar-refractivity contribution >= 4 is 28.9 Å². The first kappa shape index (κ1) is 13.8. The van der Waals surface area contributed by atoms with E-state index in [4.69, 9.17) is 22.1 Å². The Morgan fingerprint density at radius 2 is 2.24 bits per heavy atom. The minimum Gasteiger partial charge on any atom is -0.397 e. The van der Waals surface area contributed by atoms with Gasteiger partial charge in [-0.25, -0.2) is 0 Å². The molecule has 0 atom stereocenters. The number of hydrogen-bond acceptors (Lipinski definition) is 3. The fourth-order valence-corrected chi connectivity index (χ4v) is 1.43. The van der Waals surface area contributed by atoms with Gasteiger partial charge in [0.05, 0.1) is 24.4 Å². The number of nitrogen functional groups attached to an aromatic ring is 1.